The Hall–Kier alpha value is -2.54. The molecule has 0 saturated carbocycles. The average Bonchev–Trinajstić information content (AvgIpc) is 2.90. The third-order valence-electron chi connectivity index (χ3n) is 3.63. The van der Waals surface area contributed by atoms with Crippen molar-refractivity contribution >= 4 is 40.3 Å². The number of primary amides is 1. The molecule has 0 radical (unpaired) electrons. The molecule has 1 heterocycles. The van der Waals surface area contributed by atoms with Crippen molar-refractivity contribution < 1.29 is 19.5 Å². The number of aliphatic carboxylic acids is 1. The molecule has 0 spiro atoms. The van der Waals surface area contributed by atoms with Crippen LogP contribution in [-0.2, 0) is 20.8 Å². The SMILES string of the molecule is NC(=O)CN(CCC(=O)O)C(=O)CCc1c[nH]c2ccc(Cl)cc12. The predicted molar refractivity (Wildman–Crippen MR) is 89.7 cm³/mol. The van der Waals surface area contributed by atoms with E-state index in [2.05, 4.69) is 4.98 Å². The number of rotatable bonds is 8. The minimum absolute atomic E-state index is 0.0448. The zero-order valence-corrected chi connectivity index (χ0v) is 13.7. The number of hydrogen-bond acceptors (Lipinski definition) is 3. The van der Waals surface area contributed by atoms with Crippen LogP contribution in [0.2, 0.25) is 5.02 Å². The Morgan fingerprint density at radius 3 is 2.67 bits per heavy atom. The topological polar surface area (TPSA) is 116 Å². The number of aromatic amines is 1. The van der Waals surface area contributed by atoms with Gasteiger partial charge in [-0.25, -0.2) is 0 Å². The summed E-state index contributed by atoms with van der Waals surface area (Å²) in [4.78, 5) is 38.3. The van der Waals surface area contributed by atoms with Crippen LogP contribution in [0.3, 0.4) is 0 Å². The maximum Gasteiger partial charge on any atom is 0.305 e. The number of carboxylic acids is 1. The normalized spacial score (nSPS) is 10.7. The second kappa shape index (κ2) is 7.83. The van der Waals surface area contributed by atoms with E-state index in [4.69, 9.17) is 22.4 Å². The number of aryl methyl sites for hydroxylation is 1. The van der Waals surface area contributed by atoms with Crippen LogP contribution in [0.25, 0.3) is 10.9 Å². The molecule has 128 valence electrons. The van der Waals surface area contributed by atoms with Gasteiger partial charge < -0.3 is 20.7 Å². The zero-order valence-electron chi connectivity index (χ0n) is 12.9. The van der Waals surface area contributed by atoms with E-state index in [-0.39, 0.29) is 31.8 Å². The van der Waals surface area contributed by atoms with E-state index >= 15 is 0 Å². The minimum Gasteiger partial charge on any atom is -0.481 e. The Bertz CT molecular complexity index is 772. The fourth-order valence-corrected chi connectivity index (χ4v) is 2.64. The van der Waals surface area contributed by atoms with Gasteiger partial charge in [-0.05, 0) is 30.2 Å². The van der Waals surface area contributed by atoms with E-state index in [1.807, 2.05) is 18.3 Å². The summed E-state index contributed by atoms with van der Waals surface area (Å²) < 4.78 is 0. The van der Waals surface area contributed by atoms with Crippen molar-refractivity contribution in [1.82, 2.24) is 9.88 Å². The van der Waals surface area contributed by atoms with Crippen LogP contribution in [0.1, 0.15) is 18.4 Å². The Balaban J connectivity index is 2.04. The maximum atomic E-state index is 12.3. The van der Waals surface area contributed by atoms with Crippen LogP contribution < -0.4 is 5.73 Å². The summed E-state index contributed by atoms with van der Waals surface area (Å²) >= 11 is 5.99. The number of hydrogen-bond donors (Lipinski definition) is 3. The first-order valence-corrected chi connectivity index (χ1v) is 7.78. The molecule has 0 fully saturated rings. The molecule has 7 nitrogen and oxygen atoms in total. The molecule has 24 heavy (non-hydrogen) atoms. The number of benzene rings is 1. The third-order valence-corrected chi connectivity index (χ3v) is 3.87. The average molecular weight is 352 g/mol. The first-order valence-electron chi connectivity index (χ1n) is 7.40. The molecule has 8 heteroatoms. The van der Waals surface area contributed by atoms with Gasteiger partial charge in [-0.15, -0.1) is 0 Å². The molecule has 1 aromatic heterocycles. The molecule has 0 atom stereocenters. The van der Waals surface area contributed by atoms with Gasteiger partial charge in [-0.3, -0.25) is 14.4 Å². The first-order chi connectivity index (χ1) is 11.4. The van der Waals surface area contributed by atoms with E-state index in [0.717, 1.165) is 16.5 Å². The van der Waals surface area contributed by atoms with Crippen LogP contribution in [0.4, 0.5) is 0 Å². The van der Waals surface area contributed by atoms with Gasteiger partial charge in [0.1, 0.15) is 0 Å². The molecule has 2 aromatic rings. The number of halogens is 1. The maximum absolute atomic E-state index is 12.3. The highest BCUT2D eigenvalue weighted by Crippen LogP contribution is 2.23. The van der Waals surface area contributed by atoms with Crippen LogP contribution in [0, 0.1) is 0 Å². The van der Waals surface area contributed by atoms with Crippen molar-refractivity contribution in [2.45, 2.75) is 19.3 Å². The number of carbonyl (C=O) groups excluding carboxylic acids is 2. The fraction of sp³-hybridized carbons (Fsp3) is 0.312. The van der Waals surface area contributed by atoms with Crippen molar-refractivity contribution in [3.63, 3.8) is 0 Å². The van der Waals surface area contributed by atoms with Crippen molar-refractivity contribution in [2.24, 2.45) is 5.73 Å². The lowest BCUT2D eigenvalue weighted by Gasteiger charge is -2.20. The number of carboxylic acid groups (broad SMARTS) is 1. The molecule has 0 aliphatic rings. The van der Waals surface area contributed by atoms with Gasteiger partial charge >= 0.3 is 5.97 Å². The van der Waals surface area contributed by atoms with Crippen LogP contribution in [0.15, 0.2) is 24.4 Å². The number of fused-ring (bicyclic) bond motifs is 1. The molecule has 0 aliphatic heterocycles. The van der Waals surface area contributed by atoms with Crippen LogP contribution in [-0.4, -0.2) is 45.9 Å². The second-order valence-corrected chi connectivity index (χ2v) is 5.87. The summed E-state index contributed by atoms with van der Waals surface area (Å²) in [5.74, 6) is -2.03. The first kappa shape index (κ1) is 17.8. The highest BCUT2D eigenvalue weighted by atomic mass is 35.5. The quantitative estimate of drug-likeness (QED) is 0.668. The smallest absolute Gasteiger partial charge is 0.305 e. The molecule has 0 unspecified atom stereocenters. The Kier molecular flexibility index (Phi) is 5.81. The van der Waals surface area contributed by atoms with Gasteiger partial charge in [0, 0.05) is 35.1 Å². The van der Waals surface area contributed by atoms with Gasteiger partial charge in [0.05, 0.1) is 13.0 Å². The monoisotopic (exact) mass is 351 g/mol. The van der Waals surface area contributed by atoms with Crippen LogP contribution >= 0.6 is 11.6 Å². The molecular formula is C16H18ClN3O4. The van der Waals surface area contributed by atoms with Crippen molar-refractivity contribution in [2.75, 3.05) is 13.1 Å². The molecule has 0 aliphatic carbocycles. The Morgan fingerprint density at radius 1 is 1.25 bits per heavy atom. The van der Waals surface area contributed by atoms with Crippen molar-refractivity contribution in [3.8, 4) is 0 Å². The van der Waals surface area contributed by atoms with E-state index in [0.29, 0.717) is 11.4 Å². The molecule has 2 amide bonds. The lowest BCUT2D eigenvalue weighted by molar-refractivity contribution is -0.140. The van der Waals surface area contributed by atoms with Gasteiger partial charge in [-0.2, -0.15) is 0 Å². The summed E-state index contributed by atoms with van der Waals surface area (Å²) in [6, 6.07) is 5.45. The predicted octanol–water partition coefficient (Wildman–Crippen LogP) is 1.54. The van der Waals surface area contributed by atoms with Gasteiger partial charge in [0.2, 0.25) is 11.8 Å². The van der Waals surface area contributed by atoms with Crippen molar-refractivity contribution in [3.05, 3.63) is 35.0 Å². The molecule has 0 bridgehead atoms. The van der Waals surface area contributed by atoms with Crippen molar-refractivity contribution in [1.29, 1.82) is 0 Å². The highest BCUT2D eigenvalue weighted by molar-refractivity contribution is 6.31. The molecule has 2 rings (SSSR count). The number of H-pyrrole nitrogens is 1. The highest BCUT2D eigenvalue weighted by Gasteiger charge is 2.17. The number of amides is 2. The number of nitrogens with one attached hydrogen (secondary N) is 1. The van der Waals surface area contributed by atoms with Gasteiger partial charge in [0.25, 0.3) is 0 Å². The van der Waals surface area contributed by atoms with E-state index in [9.17, 15) is 14.4 Å². The third kappa shape index (κ3) is 4.73. The summed E-state index contributed by atoms with van der Waals surface area (Å²) in [6.07, 6.45) is 2.17. The standard InChI is InChI=1S/C16H18ClN3O4/c17-11-2-3-13-12(7-11)10(8-19-13)1-4-15(22)20(9-14(18)21)6-5-16(23)24/h2-3,7-8,19H,1,4-6,9H2,(H2,18,21)(H,23,24). The molecule has 1 aromatic carbocycles. The molecule has 4 N–H and O–H groups in total. The minimum atomic E-state index is -1.04. The van der Waals surface area contributed by atoms with Gasteiger partial charge in [0.15, 0.2) is 0 Å². The largest absolute Gasteiger partial charge is 0.481 e. The summed E-state index contributed by atoms with van der Waals surface area (Å²) in [5, 5.41) is 10.3. The number of nitrogens with zero attached hydrogens (tertiary/aromatic N) is 1. The Labute approximate surface area is 143 Å². The van der Waals surface area contributed by atoms with E-state index in [1.54, 1.807) is 6.07 Å². The molecule has 0 saturated heterocycles. The fourth-order valence-electron chi connectivity index (χ4n) is 2.47. The summed E-state index contributed by atoms with van der Waals surface area (Å²) in [6.45, 7) is -0.331. The van der Waals surface area contributed by atoms with E-state index in [1.165, 1.54) is 4.90 Å². The van der Waals surface area contributed by atoms with E-state index < -0.39 is 11.9 Å². The number of carbonyl (C=O) groups is 3. The van der Waals surface area contributed by atoms with Gasteiger partial charge in [-0.1, -0.05) is 11.6 Å². The zero-order chi connectivity index (χ0) is 17.7. The Morgan fingerprint density at radius 2 is 2.00 bits per heavy atom. The lowest BCUT2D eigenvalue weighted by atomic mass is 10.1. The number of nitrogens with two attached hydrogens (primary N) is 1. The second-order valence-electron chi connectivity index (χ2n) is 5.43. The lowest BCUT2D eigenvalue weighted by Crippen LogP contribution is -2.39. The molecular weight excluding hydrogens is 334 g/mol. The summed E-state index contributed by atoms with van der Waals surface area (Å²) in [7, 11) is 0. The summed E-state index contributed by atoms with van der Waals surface area (Å²) in [5.41, 5.74) is 6.97. The van der Waals surface area contributed by atoms with Crippen LogP contribution in [0.5, 0.6) is 0 Å². The number of aromatic nitrogens is 1.